The average Bonchev–Trinajstić information content (AvgIpc) is 2.71. The van der Waals surface area contributed by atoms with Crippen LogP contribution < -0.4 is 5.32 Å². The standard InChI is InChI=1S/C21H28F3N3O2.HI/c1-25-20(27-12-9-19(10-13-27)29-15-5-14-28-2)26-11-4-7-17-6-3-8-18(16-17)21(22,23)24;/h3,6,8,16,19H,5,9-15H2,1-2H3,(H,25,26);1H. The van der Waals surface area contributed by atoms with Crippen LogP contribution in [0.2, 0.25) is 0 Å². The van der Waals surface area contributed by atoms with Crippen LogP contribution in [0.5, 0.6) is 0 Å². The van der Waals surface area contributed by atoms with Crippen LogP contribution in [0.4, 0.5) is 13.2 Å². The van der Waals surface area contributed by atoms with Crippen LogP contribution in [-0.2, 0) is 15.7 Å². The number of nitrogens with one attached hydrogen (secondary N) is 1. The van der Waals surface area contributed by atoms with E-state index in [9.17, 15) is 13.2 Å². The Labute approximate surface area is 193 Å². The van der Waals surface area contributed by atoms with Gasteiger partial charge >= 0.3 is 6.18 Å². The van der Waals surface area contributed by atoms with E-state index < -0.39 is 11.7 Å². The molecule has 0 amide bonds. The first-order chi connectivity index (χ1) is 13.9. The third-order valence-electron chi connectivity index (χ3n) is 4.56. The number of likely N-dealkylation sites (tertiary alicyclic amines) is 1. The van der Waals surface area contributed by atoms with Gasteiger partial charge in [-0.25, -0.2) is 0 Å². The summed E-state index contributed by atoms with van der Waals surface area (Å²) in [5.41, 5.74) is -0.358. The predicted molar refractivity (Wildman–Crippen MR) is 122 cm³/mol. The fourth-order valence-electron chi connectivity index (χ4n) is 3.06. The van der Waals surface area contributed by atoms with Crippen LogP contribution >= 0.6 is 24.0 Å². The summed E-state index contributed by atoms with van der Waals surface area (Å²) >= 11 is 0. The predicted octanol–water partition coefficient (Wildman–Crippen LogP) is 3.77. The van der Waals surface area contributed by atoms with Crippen molar-refractivity contribution in [1.29, 1.82) is 0 Å². The van der Waals surface area contributed by atoms with Crippen molar-refractivity contribution in [2.45, 2.75) is 31.5 Å². The first-order valence-corrected chi connectivity index (χ1v) is 9.66. The summed E-state index contributed by atoms with van der Waals surface area (Å²) < 4.78 is 49.1. The summed E-state index contributed by atoms with van der Waals surface area (Å²) in [7, 11) is 3.39. The molecule has 1 heterocycles. The molecule has 1 aromatic carbocycles. The van der Waals surface area contributed by atoms with E-state index in [1.807, 2.05) is 0 Å². The largest absolute Gasteiger partial charge is 0.416 e. The Bertz CT molecular complexity index is 724. The number of aliphatic imine (C=N–C) groups is 1. The lowest BCUT2D eigenvalue weighted by atomic mass is 10.1. The van der Waals surface area contributed by atoms with Crippen molar-refractivity contribution in [3.05, 3.63) is 35.4 Å². The zero-order chi connectivity index (χ0) is 21.1. The summed E-state index contributed by atoms with van der Waals surface area (Å²) in [5.74, 6) is 6.36. The van der Waals surface area contributed by atoms with Gasteiger partial charge in [0.25, 0.3) is 0 Å². The number of alkyl halides is 3. The van der Waals surface area contributed by atoms with Gasteiger partial charge in [0.1, 0.15) is 0 Å². The molecule has 0 spiro atoms. The molecule has 1 N–H and O–H groups in total. The fourth-order valence-corrected chi connectivity index (χ4v) is 3.06. The van der Waals surface area contributed by atoms with E-state index in [1.54, 1.807) is 20.2 Å². The Balaban J connectivity index is 0.00000450. The number of piperidine rings is 1. The SMILES string of the molecule is CN=C(NCC#Cc1cccc(C(F)(F)F)c1)N1CCC(OCCCOC)CC1.I. The maximum Gasteiger partial charge on any atom is 0.416 e. The van der Waals surface area contributed by atoms with Crippen molar-refractivity contribution < 1.29 is 22.6 Å². The van der Waals surface area contributed by atoms with Crippen molar-refractivity contribution in [1.82, 2.24) is 10.2 Å². The summed E-state index contributed by atoms with van der Waals surface area (Å²) in [5, 5.41) is 3.15. The van der Waals surface area contributed by atoms with Gasteiger partial charge in [0.2, 0.25) is 0 Å². The van der Waals surface area contributed by atoms with E-state index in [1.165, 1.54) is 6.07 Å². The number of halogens is 4. The first kappa shape index (κ1) is 26.5. The molecule has 1 aromatic rings. The molecular formula is C21H29F3IN3O2. The number of methoxy groups -OCH3 is 1. The van der Waals surface area contributed by atoms with E-state index in [0.717, 1.165) is 50.4 Å². The average molecular weight is 539 g/mol. The summed E-state index contributed by atoms with van der Waals surface area (Å²) in [6.45, 7) is 3.37. The number of hydrogen-bond acceptors (Lipinski definition) is 3. The molecule has 1 fully saturated rings. The molecule has 5 nitrogen and oxygen atoms in total. The molecule has 0 bridgehead atoms. The Morgan fingerprint density at radius 3 is 2.63 bits per heavy atom. The molecule has 1 aliphatic heterocycles. The number of ether oxygens (including phenoxy) is 2. The summed E-state index contributed by atoms with van der Waals surface area (Å²) in [6.07, 6.45) is -1.38. The van der Waals surface area contributed by atoms with E-state index in [-0.39, 0.29) is 30.1 Å². The van der Waals surface area contributed by atoms with E-state index in [0.29, 0.717) is 25.3 Å². The van der Waals surface area contributed by atoms with Gasteiger partial charge in [-0.05, 0) is 37.5 Å². The zero-order valence-electron chi connectivity index (χ0n) is 17.3. The summed E-state index contributed by atoms with van der Waals surface area (Å²) in [4.78, 5) is 6.41. The number of benzene rings is 1. The van der Waals surface area contributed by atoms with Crippen molar-refractivity contribution >= 4 is 29.9 Å². The van der Waals surface area contributed by atoms with Crippen LogP contribution in [-0.4, -0.2) is 64.0 Å². The maximum atomic E-state index is 12.7. The molecule has 0 unspecified atom stereocenters. The second-order valence-corrected chi connectivity index (χ2v) is 6.68. The van der Waals surface area contributed by atoms with Crippen LogP contribution in [0, 0.1) is 11.8 Å². The topological polar surface area (TPSA) is 46.1 Å². The molecule has 9 heteroatoms. The monoisotopic (exact) mass is 539 g/mol. The molecule has 0 aliphatic carbocycles. The molecule has 0 saturated carbocycles. The Kier molecular flexibility index (Phi) is 12.1. The molecule has 1 aliphatic rings. The minimum absolute atomic E-state index is 0. The van der Waals surface area contributed by atoms with E-state index in [4.69, 9.17) is 9.47 Å². The molecule has 0 atom stereocenters. The Morgan fingerprint density at radius 2 is 2.00 bits per heavy atom. The van der Waals surface area contributed by atoms with Crippen molar-refractivity contribution in [2.75, 3.05) is 47.0 Å². The smallest absolute Gasteiger partial charge is 0.385 e. The van der Waals surface area contributed by atoms with Gasteiger partial charge in [-0.2, -0.15) is 13.2 Å². The molecular weight excluding hydrogens is 510 g/mol. The van der Waals surface area contributed by atoms with Crippen molar-refractivity contribution in [3.63, 3.8) is 0 Å². The second-order valence-electron chi connectivity index (χ2n) is 6.68. The van der Waals surface area contributed by atoms with Crippen LogP contribution in [0.3, 0.4) is 0 Å². The zero-order valence-corrected chi connectivity index (χ0v) is 19.6. The number of hydrogen-bond donors (Lipinski definition) is 1. The lowest BCUT2D eigenvalue weighted by Crippen LogP contribution is -2.47. The van der Waals surface area contributed by atoms with Gasteiger partial charge < -0.3 is 19.7 Å². The Morgan fingerprint density at radius 1 is 1.27 bits per heavy atom. The number of nitrogens with zero attached hydrogens (tertiary/aromatic N) is 2. The van der Waals surface area contributed by atoms with E-state index >= 15 is 0 Å². The highest BCUT2D eigenvalue weighted by molar-refractivity contribution is 14.0. The minimum atomic E-state index is -4.36. The maximum absolute atomic E-state index is 12.7. The van der Waals surface area contributed by atoms with Gasteiger partial charge in [0.15, 0.2) is 5.96 Å². The van der Waals surface area contributed by atoms with Gasteiger partial charge in [-0.3, -0.25) is 4.99 Å². The number of guanidine groups is 1. The highest BCUT2D eigenvalue weighted by Crippen LogP contribution is 2.29. The van der Waals surface area contributed by atoms with Crippen molar-refractivity contribution in [3.8, 4) is 11.8 Å². The van der Waals surface area contributed by atoms with Gasteiger partial charge in [0, 0.05) is 46.0 Å². The van der Waals surface area contributed by atoms with Crippen molar-refractivity contribution in [2.24, 2.45) is 4.99 Å². The highest BCUT2D eigenvalue weighted by Gasteiger charge is 2.30. The second kappa shape index (κ2) is 13.7. The number of rotatable bonds is 6. The fraction of sp³-hybridized carbons (Fsp3) is 0.571. The summed E-state index contributed by atoms with van der Waals surface area (Å²) in [6, 6.07) is 5.02. The van der Waals surface area contributed by atoms with Crippen LogP contribution in [0.1, 0.15) is 30.4 Å². The molecule has 1 saturated heterocycles. The van der Waals surface area contributed by atoms with Gasteiger partial charge in [0.05, 0.1) is 18.2 Å². The van der Waals surface area contributed by atoms with E-state index in [2.05, 4.69) is 27.0 Å². The van der Waals surface area contributed by atoms with Gasteiger partial charge in [-0.1, -0.05) is 17.9 Å². The first-order valence-electron chi connectivity index (χ1n) is 9.66. The third kappa shape index (κ3) is 9.10. The lowest BCUT2D eigenvalue weighted by molar-refractivity contribution is -0.137. The third-order valence-corrected chi connectivity index (χ3v) is 4.56. The quantitative estimate of drug-likeness (QED) is 0.197. The Hall–Kier alpha value is -1.51. The lowest BCUT2D eigenvalue weighted by Gasteiger charge is -2.34. The molecule has 0 radical (unpaired) electrons. The molecule has 0 aromatic heterocycles. The van der Waals surface area contributed by atoms with Crippen LogP contribution in [0.15, 0.2) is 29.3 Å². The highest BCUT2D eigenvalue weighted by atomic mass is 127. The van der Waals surface area contributed by atoms with Gasteiger partial charge in [-0.15, -0.1) is 24.0 Å². The molecule has 30 heavy (non-hydrogen) atoms. The minimum Gasteiger partial charge on any atom is -0.385 e. The normalized spacial score (nSPS) is 15.2. The molecule has 2 rings (SSSR count). The van der Waals surface area contributed by atoms with Crippen LogP contribution in [0.25, 0.3) is 0 Å². The molecule has 168 valence electrons.